The number of rotatable bonds is 6. The predicted molar refractivity (Wildman–Crippen MR) is 69.3 cm³/mol. The molecule has 0 radical (unpaired) electrons. The molecule has 1 atom stereocenters. The van der Waals surface area contributed by atoms with E-state index in [1.54, 1.807) is 19.1 Å². The molecule has 1 aromatic carbocycles. The number of methoxy groups -OCH3 is 2. The molecule has 18 heavy (non-hydrogen) atoms. The van der Waals surface area contributed by atoms with Crippen molar-refractivity contribution in [1.29, 1.82) is 0 Å². The van der Waals surface area contributed by atoms with Crippen LogP contribution < -0.4 is 10.5 Å². The molecular weight excluding hydrogens is 232 g/mol. The molecule has 5 nitrogen and oxygen atoms in total. The number of ether oxygens (including phenoxy) is 2. The number of hydrogen-bond donors (Lipinski definition) is 1. The maximum atomic E-state index is 11.9. The van der Waals surface area contributed by atoms with E-state index in [1.165, 1.54) is 7.11 Å². The fourth-order valence-corrected chi connectivity index (χ4v) is 1.66. The Morgan fingerprint density at radius 1 is 1.44 bits per heavy atom. The summed E-state index contributed by atoms with van der Waals surface area (Å²) in [6.45, 7) is 0.717. The van der Waals surface area contributed by atoms with E-state index in [0.29, 0.717) is 6.54 Å². The van der Waals surface area contributed by atoms with Crippen LogP contribution in [0.3, 0.4) is 0 Å². The summed E-state index contributed by atoms with van der Waals surface area (Å²) in [6.07, 6.45) is 0. The summed E-state index contributed by atoms with van der Waals surface area (Å²) in [5.74, 6) is 0.634. The number of hydrogen-bond acceptors (Lipinski definition) is 4. The summed E-state index contributed by atoms with van der Waals surface area (Å²) in [5, 5.41) is 0. The zero-order valence-electron chi connectivity index (χ0n) is 11.1. The van der Waals surface area contributed by atoms with E-state index in [1.807, 2.05) is 24.3 Å². The Labute approximate surface area is 107 Å². The van der Waals surface area contributed by atoms with E-state index < -0.39 is 6.04 Å². The minimum absolute atomic E-state index is 0.139. The number of nitrogens with zero attached hydrogens (tertiary/aromatic N) is 1. The lowest BCUT2D eigenvalue weighted by Crippen LogP contribution is -2.44. The monoisotopic (exact) mass is 252 g/mol. The van der Waals surface area contributed by atoms with E-state index in [9.17, 15) is 4.79 Å². The highest BCUT2D eigenvalue weighted by atomic mass is 16.5. The molecule has 0 spiro atoms. The number of benzene rings is 1. The third kappa shape index (κ3) is 4.01. The lowest BCUT2D eigenvalue weighted by molar-refractivity contribution is -0.132. The van der Waals surface area contributed by atoms with Gasteiger partial charge in [0.25, 0.3) is 0 Å². The number of carbonyl (C=O) groups excluding carboxylic acids is 1. The molecule has 1 rings (SSSR count). The molecule has 0 saturated heterocycles. The van der Waals surface area contributed by atoms with Gasteiger partial charge >= 0.3 is 0 Å². The molecule has 0 aliphatic heterocycles. The Bertz CT molecular complexity index is 396. The zero-order chi connectivity index (χ0) is 13.5. The maximum Gasteiger partial charge on any atom is 0.241 e. The van der Waals surface area contributed by atoms with E-state index in [-0.39, 0.29) is 12.5 Å². The SMILES string of the molecule is COCC(N)C(=O)N(C)Cc1cccc(OC)c1. The quantitative estimate of drug-likeness (QED) is 0.806. The first-order valence-corrected chi connectivity index (χ1v) is 5.71. The highest BCUT2D eigenvalue weighted by Gasteiger charge is 2.17. The molecule has 100 valence electrons. The van der Waals surface area contributed by atoms with Gasteiger partial charge in [-0.1, -0.05) is 12.1 Å². The van der Waals surface area contributed by atoms with Crippen LogP contribution in [0.1, 0.15) is 5.56 Å². The van der Waals surface area contributed by atoms with Gasteiger partial charge in [-0.3, -0.25) is 4.79 Å². The van der Waals surface area contributed by atoms with Crippen molar-refractivity contribution in [2.75, 3.05) is 27.9 Å². The van der Waals surface area contributed by atoms with Crippen molar-refractivity contribution in [3.05, 3.63) is 29.8 Å². The van der Waals surface area contributed by atoms with Crippen molar-refractivity contribution in [3.63, 3.8) is 0 Å². The summed E-state index contributed by atoms with van der Waals surface area (Å²) < 4.78 is 10.0. The number of nitrogens with two attached hydrogens (primary N) is 1. The van der Waals surface area contributed by atoms with Gasteiger partial charge in [-0.15, -0.1) is 0 Å². The van der Waals surface area contributed by atoms with Gasteiger partial charge in [0.05, 0.1) is 13.7 Å². The van der Waals surface area contributed by atoms with Crippen LogP contribution in [0.4, 0.5) is 0 Å². The van der Waals surface area contributed by atoms with E-state index in [4.69, 9.17) is 15.2 Å². The first-order chi connectivity index (χ1) is 8.58. The molecule has 0 aliphatic rings. The van der Waals surface area contributed by atoms with Gasteiger partial charge in [0.2, 0.25) is 5.91 Å². The first-order valence-electron chi connectivity index (χ1n) is 5.71. The van der Waals surface area contributed by atoms with Crippen molar-refractivity contribution < 1.29 is 14.3 Å². The molecular formula is C13H20N2O3. The van der Waals surface area contributed by atoms with Crippen molar-refractivity contribution in [3.8, 4) is 5.75 Å². The third-order valence-corrected chi connectivity index (χ3v) is 2.59. The van der Waals surface area contributed by atoms with Crippen molar-refractivity contribution in [1.82, 2.24) is 4.90 Å². The summed E-state index contributed by atoms with van der Waals surface area (Å²) in [4.78, 5) is 13.5. The average Bonchev–Trinajstić information content (AvgIpc) is 2.38. The predicted octanol–water partition coefficient (Wildman–Crippen LogP) is 0.627. The maximum absolute atomic E-state index is 11.9. The normalized spacial score (nSPS) is 12.0. The first kappa shape index (κ1) is 14.5. The fourth-order valence-electron chi connectivity index (χ4n) is 1.66. The molecule has 2 N–H and O–H groups in total. The van der Waals surface area contributed by atoms with Crippen molar-refractivity contribution in [2.24, 2.45) is 5.73 Å². The van der Waals surface area contributed by atoms with Gasteiger partial charge in [-0.2, -0.15) is 0 Å². The summed E-state index contributed by atoms with van der Waals surface area (Å²) >= 11 is 0. The number of amides is 1. The molecule has 1 unspecified atom stereocenters. The van der Waals surface area contributed by atoms with Gasteiger partial charge in [0.1, 0.15) is 11.8 Å². The van der Waals surface area contributed by atoms with Crippen LogP contribution >= 0.6 is 0 Å². The van der Waals surface area contributed by atoms with Crippen molar-refractivity contribution >= 4 is 5.91 Å². The number of carbonyl (C=O) groups is 1. The lowest BCUT2D eigenvalue weighted by Gasteiger charge is -2.21. The topological polar surface area (TPSA) is 64.8 Å². The van der Waals surface area contributed by atoms with Crippen LogP contribution in [0.2, 0.25) is 0 Å². The standard InChI is InChI=1S/C13H20N2O3/c1-15(13(16)12(14)9-17-2)8-10-5-4-6-11(7-10)18-3/h4-7,12H,8-9,14H2,1-3H3. The molecule has 0 fully saturated rings. The molecule has 0 heterocycles. The second kappa shape index (κ2) is 6.98. The summed E-state index contributed by atoms with van der Waals surface area (Å²) in [7, 11) is 4.86. The Kier molecular flexibility index (Phi) is 5.61. The Balaban J connectivity index is 2.63. The molecule has 0 aliphatic carbocycles. The van der Waals surface area contributed by atoms with Crippen molar-refractivity contribution in [2.45, 2.75) is 12.6 Å². The minimum Gasteiger partial charge on any atom is -0.497 e. The van der Waals surface area contributed by atoms with E-state index in [2.05, 4.69) is 0 Å². The third-order valence-electron chi connectivity index (χ3n) is 2.59. The smallest absolute Gasteiger partial charge is 0.241 e. The molecule has 0 saturated carbocycles. The van der Waals surface area contributed by atoms with Gasteiger partial charge in [-0.25, -0.2) is 0 Å². The van der Waals surface area contributed by atoms with Gasteiger partial charge < -0.3 is 20.1 Å². The van der Waals surface area contributed by atoms with Crippen LogP contribution in [0.15, 0.2) is 24.3 Å². The molecule has 0 aromatic heterocycles. The fraction of sp³-hybridized carbons (Fsp3) is 0.462. The van der Waals surface area contributed by atoms with E-state index in [0.717, 1.165) is 11.3 Å². The lowest BCUT2D eigenvalue weighted by atomic mass is 10.2. The highest BCUT2D eigenvalue weighted by Crippen LogP contribution is 2.14. The van der Waals surface area contributed by atoms with Crippen LogP contribution in [0, 0.1) is 0 Å². The van der Waals surface area contributed by atoms with Crippen LogP contribution in [-0.2, 0) is 16.1 Å². The Morgan fingerprint density at radius 3 is 2.78 bits per heavy atom. The molecule has 0 bridgehead atoms. The largest absolute Gasteiger partial charge is 0.497 e. The minimum atomic E-state index is -0.620. The molecule has 5 heteroatoms. The van der Waals surface area contributed by atoms with Gasteiger partial charge in [0, 0.05) is 20.7 Å². The second-order valence-corrected chi connectivity index (χ2v) is 4.11. The number of likely N-dealkylation sites (N-methyl/N-ethyl adjacent to an activating group) is 1. The van der Waals surface area contributed by atoms with Gasteiger partial charge in [-0.05, 0) is 17.7 Å². The summed E-state index contributed by atoms with van der Waals surface area (Å²) in [6, 6.07) is 6.97. The van der Waals surface area contributed by atoms with Crippen LogP contribution in [0.25, 0.3) is 0 Å². The molecule has 1 aromatic rings. The Hall–Kier alpha value is -1.59. The van der Waals surface area contributed by atoms with Crippen LogP contribution in [0.5, 0.6) is 5.75 Å². The van der Waals surface area contributed by atoms with Gasteiger partial charge in [0.15, 0.2) is 0 Å². The average molecular weight is 252 g/mol. The summed E-state index contributed by atoms with van der Waals surface area (Å²) in [5.41, 5.74) is 6.69. The zero-order valence-corrected chi connectivity index (χ0v) is 11.1. The second-order valence-electron chi connectivity index (χ2n) is 4.11. The highest BCUT2D eigenvalue weighted by molar-refractivity contribution is 5.81. The molecule has 1 amide bonds. The van der Waals surface area contributed by atoms with Crippen LogP contribution in [-0.4, -0.2) is 44.7 Å². The van der Waals surface area contributed by atoms with E-state index >= 15 is 0 Å². The Morgan fingerprint density at radius 2 is 2.17 bits per heavy atom.